The standard InChI is InChI=1S/C23H32FN5O.HI/c1-5-26-23(27-12-11-17-7-6-8-19(13-17)22(30)25-2)28-15-18-9-10-21(24)20(14-18)16-29(3)4;/h6-10,13-14H,5,11-12,15-16H2,1-4H3,(H,25,30)(H2,26,27,28);1H. The smallest absolute Gasteiger partial charge is 0.251 e. The molecule has 1 amide bonds. The molecule has 0 unspecified atom stereocenters. The van der Waals surface area contributed by atoms with E-state index in [1.807, 2.05) is 50.2 Å². The summed E-state index contributed by atoms with van der Waals surface area (Å²) in [7, 11) is 5.46. The minimum absolute atomic E-state index is 0. The molecule has 0 aromatic heterocycles. The average molecular weight is 541 g/mol. The molecule has 0 atom stereocenters. The predicted octanol–water partition coefficient (Wildman–Crippen LogP) is 3.16. The van der Waals surface area contributed by atoms with Gasteiger partial charge in [0.15, 0.2) is 5.96 Å². The van der Waals surface area contributed by atoms with Gasteiger partial charge in [0, 0.05) is 37.8 Å². The normalized spacial score (nSPS) is 11.1. The summed E-state index contributed by atoms with van der Waals surface area (Å²) in [5, 5.41) is 9.18. The van der Waals surface area contributed by atoms with Gasteiger partial charge >= 0.3 is 0 Å². The quantitative estimate of drug-likeness (QED) is 0.259. The number of benzene rings is 2. The van der Waals surface area contributed by atoms with Crippen LogP contribution in [0.5, 0.6) is 0 Å². The molecule has 0 spiro atoms. The van der Waals surface area contributed by atoms with Crippen LogP contribution in [0.25, 0.3) is 0 Å². The Hall–Kier alpha value is -2.20. The second-order valence-electron chi connectivity index (χ2n) is 7.31. The molecule has 8 heteroatoms. The fraction of sp³-hybridized carbons (Fsp3) is 0.391. The van der Waals surface area contributed by atoms with Crippen LogP contribution in [-0.2, 0) is 19.5 Å². The summed E-state index contributed by atoms with van der Waals surface area (Å²) in [6.45, 7) is 4.45. The van der Waals surface area contributed by atoms with Crippen molar-refractivity contribution in [3.05, 3.63) is 70.5 Å². The van der Waals surface area contributed by atoms with Crippen LogP contribution in [0.4, 0.5) is 4.39 Å². The first kappa shape index (κ1) is 26.8. The van der Waals surface area contributed by atoms with Crippen molar-refractivity contribution in [3.63, 3.8) is 0 Å². The van der Waals surface area contributed by atoms with Gasteiger partial charge < -0.3 is 20.9 Å². The highest BCUT2D eigenvalue weighted by molar-refractivity contribution is 14.0. The summed E-state index contributed by atoms with van der Waals surface area (Å²) in [5.74, 6) is 0.423. The maximum Gasteiger partial charge on any atom is 0.251 e. The first-order valence-electron chi connectivity index (χ1n) is 10.2. The molecule has 0 aliphatic rings. The molecule has 2 aromatic carbocycles. The molecular formula is C23H33FIN5O. The van der Waals surface area contributed by atoms with E-state index in [1.165, 1.54) is 6.07 Å². The van der Waals surface area contributed by atoms with E-state index in [-0.39, 0.29) is 35.7 Å². The van der Waals surface area contributed by atoms with Crippen LogP contribution in [-0.4, -0.2) is 51.0 Å². The first-order chi connectivity index (χ1) is 14.4. The number of hydrogen-bond donors (Lipinski definition) is 3. The molecule has 0 bridgehead atoms. The van der Waals surface area contributed by atoms with E-state index in [4.69, 9.17) is 0 Å². The van der Waals surface area contributed by atoms with Crippen molar-refractivity contribution in [1.29, 1.82) is 0 Å². The Kier molecular flexibility index (Phi) is 12.1. The Morgan fingerprint density at radius 3 is 2.55 bits per heavy atom. The van der Waals surface area contributed by atoms with E-state index >= 15 is 0 Å². The highest BCUT2D eigenvalue weighted by Gasteiger charge is 2.06. The highest BCUT2D eigenvalue weighted by Crippen LogP contribution is 2.13. The van der Waals surface area contributed by atoms with Crippen LogP contribution < -0.4 is 16.0 Å². The number of hydrogen-bond acceptors (Lipinski definition) is 3. The lowest BCUT2D eigenvalue weighted by Gasteiger charge is -2.13. The number of carbonyl (C=O) groups excluding carboxylic acids is 1. The minimum Gasteiger partial charge on any atom is -0.357 e. The number of aliphatic imine (C=N–C) groups is 1. The number of rotatable bonds is 9. The van der Waals surface area contributed by atoms with Crippen LogP contribution in [0.15, 0.2) is 47.5 Å². The van der Waals surface area contributed by atoms with Crippen LogP contribution in [0.3, 0.4) is 0 Å². The summed E-state index contributed by atoms with van der Waals surface area (Å²) in [4.78, 5) is 18.3. The number of amides is 1. The Labute approximate surface area is 201 Å². The van der Waals surface area contributed by atoms with Gasteiger partial charge in [-0.15, -0.1) is 24.0 Å². The number of carbonyl (C=O) groups is 1. The Morgan fingerprint density at radius 2 is 1.87 bits per heavy atom. The molecule has 0 saturated heterocycles. The molecule has 0 radical (unpaired) electrons. The molecule has 0 heterocycles. The summed E-state index contributed by atoms with van der Waals surface area (Å²) < 4.78 is 14.0. The van der Waals surface area contributed by atoms with Gasteiger partial charge in [0.05, 0.1) is 6.54 Å². The van der Waals surface area contributed by atoms with Gasteiger partial charge in [0.25, 0.3) is 5.91 Å². The third kappa shape index (κ3) is 9.22. The molecule has 0 saturated carbocycles. The molecule has 170 valence electrons. The van der Waals surface area contributed by atoms with Gasteiger partial charge in [-0.3, -0.25) is 4.79 Å². The Morgan fingerprint density at radius 1 is 1.10 bits per heavy atom. The van der Waals surface area contributed by atoms with Crippen molar-refractivity contribution < 1.29 is 9.18 Å². The van der Waals surface area contributed by atoms with E-state index in [1.54, 1.807) is 19.2 Å². The molecule has 0 fully saturated rings. The van der Waals surface area contributed by atoms with Crippen LogP contribution >= 0.6 is 24.0 Å². The lowest BCUT2D eigenvalue weighted by atomic mass is 10.1. The van der Waals surface area contributed by atoms with Gasteiger partial charge in [-0.25, -0.2) is 9.38 Å². The number of nitrogens with one attached hydrogen (secondary N) is 3. The summed E-state index contributed by atoms with van der Waals surface area (Å²) >= 11 is 0. The zero-order chi connectivity index (χ0) is 21.9. The van der Waals surface area contributed by atoms with E-state index < -0.39 is 0 Å². The van der Waals surface area contributed by atoms with Crippen LogP contribution in [0.1, 0.15) is 34.0 Å². The monoisotopic (exact) mass is 541 g/mol. The average Bonchev–Trinajstić information content (AvgIpc) is 2.73. The summed E-state index contributed by atoms with van der Waals surface area (Å²) in [6.07, 6.45) is 0.763. The van der Waals surface area contributed by atoms with Gasteiger partial charge in [0.1, 0.15) is 5.82 Å². The van der Waals surface area contributed by atoms with Crippen molar-refractivity contribution in [1.82, 2.24) is 20.9 Å². The van der Waals surface area contributed by atoms with Crippen molar-refractivity contribution in [2.45, 2.75) is 26.4 Å². The summed E-state index contributed by atoms with van der Waals surface area (Å²) in [5.41, 5.74) is 3.36. The maximum atomic E-state index is 14.0. The van der Waals surface area contributed by atoms with Gasteiger partial charge in [-0.1, -0.05) is 18.2 Å². The van der Waals surface area contributed by atoms with Crippen LogP contribution in [0.2, 0.25) is 0 Å². The van der Waals surface area contributed by atoms with E-state index in [9.17, 15) is 9.18 Å². The zero-order valence-electron chi connectivity index (χ0n) is 18.7. The van der Waals surface area contributed by atoms with Crippen molar-refractivity contribution >= 4 is 35.8 Å². The fourth-order valence-corrected chi connectivity index (χ4v) is 3.04. The minimum atomic E-state index is -0.194. The van der Waals surface area contributed by atoms with Crippen molar-refractivity contribution in [3.8, 4) is 0 Å². The molecule has 0 aliphatic heterocycles. The zero-order valence-corrected chi connectivity index (χ0v) is 21.0. The molecule has 0 aliphatic carbocycles. The van der Waals surface area contributed by atoms with Gasteiger partial charge in [0.2, 0.25) is 0 Å². The van der Waals surface area contributed by atoms with Crippen LogP contribution in [0, 0.1) is 5.82 Å². The highest BCUT2D eigenvalue weighted by atomic mass is 127. The Balaban J connectivity index is 0.00000480. The fourth-order valence-electron chi connectivity index (χ4n) is 3.04. The number of halogens is 2. The molecule has 6 nitrogen and oxygen atoms in total. The summed E-state index contributed by atoms with van der Waals surface area (Å²) in [6, 6.07) is 12.7. The van der Waals surface area contributed by atoms with Crippen molar-refractivity contribution in [2.24, 2.45) is 4.99 Å². The van der Waals surface area contributed by atoms with E-state index in [2.05, 4.69) is 20.9 Å². The predicted molar refractivity (Wildman–Crippen MR) is 136 cm³/mol. The molecule has 2 rings (SSSR count). The van der Waals surface area contributed by atoms with E-state index in [0.29, 0.717) is 36.7 Å². The van der Waals surface area contributed by atoms with E-state index in [0.717, 1.165) is 24.1 Å². The second-order valence-corrected chi connectivity index (χ2v) is 7.31. The number of guanidine groups is 1. The largest absolute Gasteiger partial charge is 0.357 e. The third-order valence-corrected chi connectivity index (χ3v) is 4.48. The topological polar surface area (TPSA) is 68.8 Å². The molecule has 2 aromatic rings. The third-order valence-electron chi connectivity index (χ3n) is 4.48. The first-order valence-corrected chi connectivity index (χ1v) is 10.2. The molecule has 31 heavy (non-hydrogen) atoms. The SMILES string of the molecule is CCNC(=NCc1ccc(F)c(CN(C)C)c1)NCCc1cccc(C(=O)NC)c1.I. The number of nitrogens with zero attached hydrogens (tertiary/aromatic N) is 2. The lowest BCUT2D eigenvalue weighted by molar-refractivity contribution is 0.0963. The molecule has 3 N–H and O–H groups in total. The molecular weight excluding hydrogens is 508 g/mol. The van der Waals surface area contributed by atoms with Gasteiger partial charge in [-0.2, -0.15) is 0 Å². The lowest BCUT2D eigenvalue weighted by Crippen LogP contribution is -2.38. The van der Waals surface area contributed by atoms with Gasteiger partial charge in [-0.05, 0) is 62.8 Å². The maximum absolute atomic E-state index is 14.0. The van der Waals surface area contributed by atoms with Crippen molar-refractivity contribution in [2.75, 3.05) is 34.2 Å². The second kappa shape index (κ2) is 14.0. The Bertz CT molecular complexity index is 873.